The van der Waals surface area contributed by atoms with E-state index >= 15 is 0 Å². The summed E-state index contributed by atoms with van der Waals surface area (Å²) in [6, 6.07) is 14.0. The number of phenols is 1. The number of aryl methyl sites for hydroxylation is 1. The van der Waals surface area contributed by atoms with Crippen molar-refractivity contribution in [1.82, 2.24) is 25.7 Å². The fourth-order valence-corrected chi connectivity index (χ4v) is 4.47. The van der Waals surface area contributed by atoms with Gasteiger partial charge in [-0.15, -0.1) is 10.2 Å². The molecule has 0 spiro atoms. The zero-order valence-corrected chi connectivity index (χ0v) is 17.0. The first-order chi connectivity index (χ1) is 14.6. The predicted molar refractivity (Wildman–Crippen MR) is 113 cm³/mol. The van der Waals surface area contributed by atoms with Crippen LogP contribution in [-0.2, 0) is 0 Å². The van der Waals surface area contributed by atoms with Gasteiger partial charge in [0.05, 0.1) is 17.1 Å². The highest BCUT2D eigenvalue weighted by atomic mass is 16.5. The van der Waals surface area contributed by atoms with Crippen LogP contribution >= 0.6 is 0 Å². The van der Waals surface area contributed by atoms with Crippen molar-refractivity contribution in [2.75, 3.05) is 0 Å². The van der Waals surface area contributed by atoms with Crippen LogP contribution in [0.3, 0.4) is 0 Å². The molecular weight excluding hydrogens is 378 g/mol. The summed E-state index contributed by atoms with van der Waals surface area (Å²) in [6.45, 7) is 1.89. The zero-order chi connectivity index (χ0) is 20.5. The fraction of sp³-hybridized carbons (Fsp3) is 0.391. The Labute approximate surface area is 175 Å². The SMILES string of the molecule is Cc1ccc(-c2ccc(-c3ccc(OC4CC5CCCC(C4)N5)nn3)c(O)c2)nn1. The maximum absolute atomic E-state index is 10.5. The van der Waals surface area contributed by atoms with Crippen LogP contribution in [0.1, 0.15) is 37.8 Å². The number of hydrogen-bond donors (Lipinski definition) is 2. The number of benzene rings is 1. The fourth-order valence-electron chi connectivity index (χ4n) is 4.47. The average Bonchev–Trinajstić information content (AvgIpc) is 2.75. The molecule has 2 aliphatic rings. The number of ether oxygens (including phenoxy) is 1. The van der Waals surface area contributed by atoms with Gasteiger partial charge in [0.1, 0.15) is 11.9 Å². The molecule has 154 valence electrons. The van der Waals surface area contributed by atoms with E-state index in [9.17, 15) is 5.11 Å². The molecule has 5 rings (SSSR count). The summed E-state index contributed by atoms with van der Waals surface area (Å²) in [5.74, 6) is 0.666. The van der Waals surface area contributed by atoms with Crippen LogP contribution < -0.4 is 10.1 Å². The Balaban J connectivity index is 1.30. The summed E-state index contributed by atoms with van der Waals surface area (Å²) in [6.07, 6.45) is 5.98. The molecule has 2 aliphatic heterocycles. The lowest BCUT2D eigenvalue weighted by Crippen LogP contribution is -2.51. The van der Waals surface area contributed by atoms with Gasteiger partial charge in [-0.2, -0.15) is 10.2 Å². The Bertz CT molecular complexity index is 1010. The highest BCUT2D eigenvalue weighted by Gasteiger charge is 2.32. The Morgan fingerprint density at radius 2 is 1.67 bits per heavy atom. The summed E-state index contributed by atoms with van der Waals surface area (Å²) in [5, 5.41) is 31.0. The van der Waals surface area contributed by atoms with Crippen LogP contribution in [0, 0.1) is 6.92 Å². The lowest BCUT2D eigenvalue weighted by atomic mass is 9.85. The second kappa shape index (κ2) is 7.99. The molecule has 30 heavy (non-hydrogen) atoms. The number of aromatic hydroxyl groups is 1. The van der Waals surface area contributed by atoms with E-state index in [1.165, 1.54) is 19.3 Å². The number of nitrogens with one attached hydrogen (secondary N) is 1. The Morgan fingerprint density at radius 3 is 2.33 bits per heavy atom. The molecule has 2 fully saturated rings. The molecule has 2 N–H and O–H groups in total. The molecule has 7 nitrogen and oxygen atoms in total. The van der Waals surface area contributed by atoms with Gasteiger partial charge in [-0.3, -0.25) is 0 Å². The largest absolute Gasteiger partial charge is 0.507 e. The van der Waals surface area contributed by atoms with Gasteiger partial charge in [0.2, 0.25) is 5.88 Å². The third kappa shape index (κ3) is 3.98. The van der Waals surface area contributed by atoms with Gasteiger partial charge >= 0.3 is 0 Å². The number of phenolic OH excluding ortho intramolecular Hbond substituents is 1. The van der Waals surface area contributed by atoms with Crippen LogP contribution in [0.4, 0.5) is 0 Å². The molecule has 2 bridgehead atoms. The van der Waals surface area contributed by atoms with E-state index in [1.807, 2.05) is 43.3 Å². The van der Waals surface area contributed by atoms with Gasteiger partial charge in [-0.25, -0.2) is 0 Å². The summed E-state index contributed by atoms with van der Waals surface area (Å²) in [4.78, 5) is 0. The molecule has 2 unspecified atom stereocenters. The third-order valence-corrected chi connectivity index (χ3v) is 5.97. The minimum atomic E-state index is 0.129. The van der Waals surface area contributed by atoms with E-state index in [2.05, 4.69) is 25.7 Å². The van der Waals surface area contributed by atoms with E-state index in [0.29, 0.717) is 34.9 Å². The van der Waals surface area contributed by atoms with Crippen molar-refractivity contribution >= 4 is 0 Å². The minimum Gasteiger partial charge on any atom is -0.507 e. The molecular formula is C23H25N5O2. The lowest BCUT2D eigenvalue weighted by molar-refractivity contribution is 0.0881. The van der Waals surface area contributed by atoms with Gasteiger partial charge in [0.15, 0.2) is 0 Å². The van der Waals surface area contributed by atoms with Crippen LogP contribution in [0.5, 0.6) is 11.6 Å². The molecule has 0 aliphatic carbocycles. The molecule has 0 amide bonds. The number of nitrogens with zero attached hydrogens (tertiary/aromatic N) is 4. The van der Waals surface area contributed by atoms with Crippen LogP contribution in [0.2, 0.25) is 0 Å². The van der Waals surface area contributed by atoms with Crippen molar-refractivity contribution in [2.24, 2.45) is 0 Å². The molecule has 3 aromatic rings. The number of hydrogen-bond acceptors (Lipinski definition) is 7. The normalized spacial score (nSPS) is 23.2. The van der Waals surface area contributed by atoms with Gasteiger partial charge in [-0.05, 0) is 62.9 Å². The third-order valence-electron chi connectivity index (χ3n) is 5.97. The molecule has 7 heteroatoms. The highest BCUT2D eigenvalue weighted by Crippen LogP contribution is 2.32. The molecule has 2 saturated heterocycles. The van der Waals surface area contributed by atoms with E-state index in [4.69, 9.17) is 4.74 Å². The molecule has 4 heterocycles. The maximum Gasteiger partial charge on any atom is 0.233 e. The Morgan fingerprint density at radius 1 is 0.900 bits per heavy atom. The minimum absolute atomic E-state index is 0.129. The van der Waals surface area contributed by atoms with Crippen molar-refractivity contribution in [3.05, 3.63) is 48.2 Å². The summed E-state index contributed by atoms with van der Waals surface area (Å²) < 4.78 is 6.11. The predicted octanol–water partition coefficient (Wildman–Crippen LogP) is 3.67. The molecule has 1 aromatic carbocycles. The lowest BCUT2D eigenvalue weighted by Gasteiger charge is -2.39. The van der Waals surface area contributed by atoms with Gasteiger partial charge in [0, 0.05) is 29.3 Å². The van der Waals surface area contributed by atoms with E-state index in [0.717, 1.165) is 24.1 Å². The Hall–Kier alpha value is -3.06. The topological polar surface area (TPSA) is 93.0 Å². The maximum atomic E-state index is 10.5. The van der Waals surface area contributed by atoms with E-state index in [1.54, 1.807) is 6.07 Å². The first-order valence-corrected chi connectivity index (χ1v) is 10.5. The van der Waals surface area contributed by atoms with Crippen molar-refractivity contribution in [3.8, 4) is 34.1 Å². The van der Waals surface area contributed by atoms with Crippen LogP contribution in [-0.4, -0.2) is 43.7 Å². The summed E-state index contributed by atoms with van der Waals surface area (Å²) in [5.41, 5.74) is 3.58. The Kier molecular flexibility index (Phi) is 5.04. The summed E-state index contributed by atoms with van der Waals surface area (Å²) >= 11 is 0. The zero-order valence-electron chi connectivity index (χ0n) is 17.0. The summed E-state index contributed by atoms with van der Waals surface area (Å²) in [7, 11) is 0. The van der Waals surface area contributed by atoms with Crippen LogP contribution in [0.25, 0.3) is 22.5 Å². The number of aromatic nitrogens is 4. The number of piperidine rings is 2. The van der Waals surface area contributed by atoms with Crippen molar-refractivity contribution in [1.29, 1.82) is 0 Å². The molecule has 2 aromatic heterocycles. The second-order valence-corrected chi connectivity index (χ2v) is 8.25. The molecule has 0 saturated carbocycles. The smallest absolute Gasteiger partial charge is 0.233 e. The van der Waals surface area contributed by atoms with Crippen molar-refractivity contribution in [3.63, 3.8) is 0 Å². The van der Waals surface area contributed by atoms with Crippen LogP contribution in [0.15, 0.2) is 42.5 Å². The highest BCUT2D eigenvalue weighted by molar-refractivity contribution is 5.72. The van der Waals surface area contributed by atoms with Gasteiger partial charge < -0.3 is 15.2 Å². The van der Waals surface area contributed by atoms with E-state index in [-0.39, 0.29) is 11.9 Å². The standard InChI is InChI=1S/C23H25N5O2/c1-14-5-8-20(26-25-14)15-6-7-19(22(29)11-15)21-9-10-23(28-27-21)30-18-12-16-3-2-4-17(13-18)24-16/h5-11,16-18,24,29H,2-4,12-13H2,1H3. The molecule has 0 radical (unpaired) electrons. The second-order valence-electron chi connectivity index (χ2n) is 8.25. The first-order valence-electron chi connectivity index (χ1n) is 10.5. The van der Waals surface area contributed by atoms with E-state index < -0.39 is 0 Å². The number of rotatable bonds is 4. The van der Waals surface area contributed by atoms with Crippen molar-refractivity contribution in [2.45, 2.75) is 57.2 Å². The molecule has 2 atom stereocenters. The van der Waals surface area contributed by atoms with Crippen molar-refractivity contribution < 1.29 is 9.84 Å². The van der Waals surface area contributed by atoms with Gasteiger partial charge in [0.25, 0.3) is 0 Å². The van der Waals surface area contributed by atoms with Gasteiger partial charge in [-0.1, -0.05) is 12.5 Å². The monoisotopic (exact) mass is 403 g/mol. The first kappa shape index (κ1) is 18.9. The average molecular weight is 403 g/mol. The number of fused-ring (bicyclic) bond motifs is 2. The quantitative estimate of drug-likeness (QED) is 0.686.